The Morgan fingerprint density at radius 2 is 1.94 bits per heavy atom. The molecule has 0 saturated carbocycles. The first kappa shape index (κ1) is 22.7. The summed E-state index contributed by atoms with van der Waals surface area (Å²) in [6, 6.07) is 10.5. The molecule has 3 heterocycles. The predicted molar refractivity (Wildman–Crippen MR) is 131 cm³/mol. The summed E-state index contributed by atoms with van der Waals surface area (Å²) < 4.78 is 20.5. The van der Waals surface area contributed by atoms with Gasteiger partial charge in [-0.25, -0.2) is 14.4 Å². The van der Waals surface area contributed by atoms with Crippen molar-refractivity contribution < 1.29 is 14.2 Å². The van der Waals surface area contributed by atoms with Crippen LogP contribution >= 0.6 is 11.6 Å². The fraction of sp³-hybridized carbons (Fsp3) is 0.269. The third-order valence-electron chi connectivity index (χ3n) is 6.23. The molecule has 2 aromatic carbocycles. The average molecular weight is 479 g/mol. The number of benzene rings is 2. The van der Waals surface area contributed by atoms with Gasteiger partial charge in [-0.05, 0) is 47.9 Å². The quantitative estimate of drug-likeness (QED) is 0.437. The first-order valence-corrected chi connectivity index (χ1v) is 11.6. The van der Waals surface area contributed by atoms with Crippen LogP contribution in [0.5, 0.6) is 0 Å². The van der Waals surface area contributed by atoms with Crippen molar-refractivity contribution in [3.63, 3.8) is 0 Å². The molecule has 1 atom stereocenters. The molecule has 1 N–H and O–H groups in total. The molecule has 0 bridgehead atoms. The number of hydrogen-bond donors (Lipinski definition) is 1. The summed E-state index contributed by atoms with van der Waals surface area (Å²) in [7, 11) is 0. The van der Waals surface area contributed by atoms with Crippen molar-refractivity contribution in [3.05, 3.63) is 82.6 Å². The van der Waals surface area contributed by atoms with Crippen LogP contribution in [0.2, 0.25) is 5.02 Å². The van der Waals surface area contributed by atoms with E-state index in [0.717, 1.165) is 35.2 Å². The number of aryl methyl sites for hydroxylation is 1. The second-order valence-electron chi connectivity index (χ2n) is 8.21. The number of fused-ring (bicyclic) bond motifs is 1. The molecule has 8 heteroatoms. The van der Waals surface area contributed by atoms with E-state index in [1.165, 1.54) is 18.6 Å². The Labute approximate surface area is 202 Å². The number of halogens is 2. The van der Waals surface area contributed by atoms with Crippen molar-refractivity contribution in [1.82, 2.24) is 15.0 Å². The highest BCUT2D eigenvalue weighted by atomic mass is 35.5. The molecule has 1 aliphatic heterocycles. The second-order valence-corrected chi connectivity index (χ2v) is 8.62. The van der Waals surface area contributed by atoms with Crippen molar-refractivity contribution in [1.29, 1.82) is 0 Å². The molecule has 0 aliphatic carbocycles. The van der Waals surface area contributed by atoms with Crippen LogP contribution in [0.15, 0.2) is 55.1 Å². The van der Waals surface area contributed by atoms with Gasteiger partial charge in [0.2, 0.25) is 0 Å². The zero-order chi connectivity index (χ0) is 23.7. The first-order valence-electron chi connectivity index (χ1n) is 11.2. The highest BCUT2D eigenvalue weighted by molar-refractivity contribution is 6.31. The van der Waals surface area contributed by atoms with Gasteiger partial charge in [-0.1, -0.05) is 24.6 Å². The summed E-state index contributed by atoms with van der Waals surface area (Å²) in [5.41, 5.74) is 4.49. The van der Waals surface area contributed by atoms with Gasteiger partial charge >= 0.3 is 0 Å². The number of hydrogen-bond acceptors (Lipinski definition) is 6. The zero-order valence-electron chi connectivity index (χ0n) is 18.7. The number of aromatic nitrogens is 3. The number of aliphatic hydroxyl groups is 1. The number of nitrogens with zero attached hydrogens (tertiary/aromatic N) is 4. The summed E-state index contributed by atoms with van der Waals surface area (Å²) in [6.07, 6.45) is 4.28. The molecule has 5 rings (SSSR count). The Balaban J connectivity index is 1.57. The van der Waals surface area contributed by atoms with Gasteiger partial charge in [-0.3, -0.25) is 4.98 Å². The van der Waals surface area contributed by atoms with Gasteiger partial charge in [-0.15, -0.1) is 0 Å². The van der Waals surface area contributed by atoms with E-state index in [9.17, 15) is 5.11 Å². The predicted octanol–water partition coefficient (Wildman–Crippen LogP) is 4.97. The fourth-order valence-electron chi connectivity index (χ4n) is 4.41. The molecular formula is C26H24ClFN4O2. The third kappa shape index (κ3) is 4.22. The average Bonchev–Trinajstić information content (AvgIpc) is 2.88. The maximum absolute atomic E-state index is 15.0. The molecular weight excluding hydrogens is 455 g/mol. The smallest absolute Gasteiger partial charge is 0.132 e. The van der Waals surface area contributed by atoms with E-state index in [4.69, 9.17) is 16.3 Å². The molecule has 0 radical (unpaired) electrons. The van der Waals surface area contributed by atoms with Crippen LogP contribution in [0, 0.1) is 5.82 Å². The zero-order valence-corrected chi connectivity index (χ0v) is 19.5. The summed E-state index contributed by atoms with van der Waals surface area (Å²) in [5.74, 6) is -0.426. The van der Waals surface area contributed by atoms with E-state index < -0.39 is 11.9 Å². The van der Waals surface area contributed by atoms with E-state index in [0.29, 0.717) is 47.0 Å². The molecule has 34 heavy (non-hydrogen) atoms. The van der Waals surface area contributed by atoms with Crippen LogP contribution in [0.25, 0.3) is 22.2 Å². The Morgan fingerprint density at radius 3 is 2.74 bits per heavy atom. The van der Waals surface area contributed by atoms with Crippen LogP contribution in [-0.2, 0) is 11.2 Å². The van der Waals surface area contributed by atoms with Gasteiger partial charge < -0.3 is 14.7 Å². The van der Waals surface area contributed by atoms with Crippen molar-refractivity contribution in [2.24, 2.45) is 0 Å². The monoisotopic (exact) mass is 478 g/mol. The summed E-state index contributed by atoms with van der Waals surface area (Å²) >= 11 is 6.37. The largest absolute Gasteiger partial charge is 0.384 e. The number of aliphatic hydroxyl groups excluding tert-OH is 1. The van der Waals surface area contributed by atoms with Crippen LogP contribution in [0.3, 0.4) is 0 Å². The molecule has 174 valence electrons. The van der Waals surface area contributed by atoms with Gasteiger partial charge in [-0.2, -0.15) is 0 Å². The van der Waals surface area contributed by atoms with Gasteiger partial charge in [0.05, 0.1) is 29.4 Å². The summed E-state index contributed by atoms with van der Waals surface area (Å²) in [5, 5.41) is 12.3. The maximum atomic E-state index is 15.0. The van der Waals surface area contributed by atoms with Gasteiger partial charge in [0.1, 0.15) is 18.2 Å². The Bertz CT molecular complexity index is 1340. The third-order valence-corrected chi connectivity index (χ3v) is 6.53. The molecule has 0 amide bonds. The highest BCUT2D eigenvalue weighted by Crippen LogP contribution is 2.35. The summed E-state index contributed by atoms with van der Waals surface area (Å²) in [6.45, 7) is 4.98. The van der Waals surface area contributed by atoms with Gasteiger partial charge in [0.15, 0.2) is 0 Å². The molecule has 1 unspecified atom stereocenters. The minimum atomic E-state index is -1.02. The lowest BCUT2D eigenvalue weighted by atomic mass is 9.94. The van der Waals surface area contributed by atoms with E-state index in [1.54, 1.807) is 18.3 Å². The Hall–Kier alpha value is -3.13. The number of anilines is 1. The minimum absolute atomic E-state index is 0.297. The van der Waals surface area contributed by atoms with Crippen LogP contribution in [0.1, 0.15) is 29.7 Å². The standard InChI is InChI=1S/C26H24ClFN4O2/c1-2-16-13-29-14-21(27)24(16)26(33)17-3-6-22(28)20(11-17)25-19-5-4-18(12-23(19)30-15-31-25)32-7-9-34-10-8-32/h3-6,11-15,26,33H,2,7-10H2,1H3. The van der Waals surface area contributed by atoms with Crippen molar-refractivity contribution in [2.75, 3.05) is 31.2 Å². The van der Waals surface area contributed by atoms with E-state index in [-0.39, 0.29) is 0 Å². The second kappa shape index (κ2) is 9.62. The highest BCUT2D eigenvalue weighted by Gasteiger charge is 2.21. The molecule has 2 aromatic heterocycles. The van der Waals surface area contributed by atoms with Crippen molar-refractivity contribution >= 4 is 28.2 Å². The molecule has 1 saturated heterocycles. The lowest BCUT2D eigenvalue weighted by molar-refractivity contribution is 0.122. The Morgan fingerprint density at radius 1 is 1.12 bits per heavy atom. The lowest BCUT2D eigenvalue weighted by Crippen LogP contribution is -2.36. The van der Waals surface area contributed by atoms with Crippen molar-refractivity contribution in [3.8, 4) is 11.3 Å². The van der Waals surface area contributed by atoms with Crippen molar-refractivity contribution in [2.45, 2.75) is 19.4 Å². The molecule has 1 aliphatic rings. The lowest BCUT2D eigenvalue weighted by Gasteiger charge is -2.29. The van der Waals surface area contributed by atoms with E-state index in [1.807, 2.05) is 25.1 Å². The number of ether oxygens (including phenoxy) is 1. The SMILES string of the molecule is CCc1cncc(Cl)c1C(O)c1ccc(F)c(-c2ncnc3cc(N4CCOCC4)ccc23)c1. The van der Waals surface area contributed by atoms with E-state index in [2.05, 4.69) is 19.9 Å². The molecule has 0 spiro atoms. The first-order chi connectivity index (χ1) is 16.6. The van der Waals surface area contributed by atoms with Gasteiger partial charge in [0, 0.05) is 47.7 Å². The molecule has 1 fully saturated rings. The van der Waals surface area contributed by atoms with E-state index >= 15 is 4.39 Å². The summed E-state index contributed by atoms with van der Waals surface area (Å²) in [4.78, 5) is 15.2. The molecule has 6 nitrogen and oxygen atoms in total. The maximum Gasteiger partial charge on any atom is 0.132 e. The van der Waals surface area contributed by atoms with Crippen LogP contribution < -0.4 is 4.90 Å². The Kier molecular flexibility index (Phi) is 6.41. The van der Waals surface area contributed by atoms with Crippen LogP contribution in [-0.4, -0.2) is 46.4 Å². The number of pyridine rings is 1. The number of rotatable bonds is 5. The van der Waals surface area contributed by atoms with Gasteiger partial charge in [0.25, 0.3) is 0 Å². The normalized spacial score (nSPS) is 15.0. The topological polar surface area (TPSA) is 71.4 Å². The molecule has 4 aromatic rings. The number of morpholine rings is 1. The van der Waals surface area contributed by atoms with Crippen LogP contribution in [0.4, 0.5) is 10.1 Å². The minimum Gasteiger partial charge on any atom is -0.384 e. The fourth-order valence-corrected chi connectivity index (χ4v) is 4.69.